The van der Waals surface area contributed by atoms with Gasteiger partial charge in [0, 0.05) is 30.3 Å². The van der Waals surface area contributed by atoms with E-state index in [0.717, 1.165) is 11.0 Å². The van der Waals surface area contributed by atoms with Gasteiger partial charge in [-0.15, -0.1) is 0 Å². The second kappa shape index (κ2) is 6.78. The highest BCUT2D eigenvalue weighted by Crippen LogP contribution is 2.10. The average Bonchev–Trinajstić information content (AvgIpc) is 2.41. The molecular formula is C12H16BrN5O2. The van der Waals surface area contributed by atoms with E-state index in [9.17, 15) is 9.59 Å². The van der Waals surface area contributed by atoms with Gasteiger partial charge in [0.2, 0.25) is 11.8 Å². The number of amides is 2. The molecule has 4 N–H and O–H groups in total. The maximum Gasteiger partial charge on any atom is 0.239 e. The van der Waals surface area contributed by atoms with E-state index in [0.29, 0.717) is 18.9 Å². The number of nitrogens with zero attached hydrogens (tertiary/aromatic N) is 2. The van der Waals surface area contributed by atoms with Gasteiger partial charge in [0.15, 0.2) is 0 Å². The first kappa shape index (κ1) is 14.9. The van der Waals surface area contributed by atoms with E-state index in [2.05, 4.69) is 31.5 Å². The highest BCUT2D eigenvalue weighted by atomic mass is 79.9. The fourth-order valence-corrected chi connectivity index (χ4v) is 2.27. The normalized spacial score (nSPS) is 19.6. The Morgan fingerprint density at radius 1 is 1.55 bits per heavy atom. The van der Waals surface area contributed by atoms with Crippen molar-refractivity contribution in [3.8, 4) is 0 Å². The van der Waals surface area contributed by atoms with E-state index >= 15 is 0 Å². The predicted molar refractivity (Wildman–Crippen MR) is 78.0 cm³/mol. The van der Waals surface area contributed by atoms with Gasteiger partial charge in [-0.05, 0) is 28.1 Å². The molecule has 20 heavy (non-hydrogen) atoms. The van der Waals surface area contributed by atoms with E-state index in [1.54, 1.807) is 23.2 Å². The first-order chi connectivity index (χ1) is 9.56. The standard InChI is InChI=1S/C12H16BrN5O2/c13-8-1-2-10(16-5-8)17-11(19)7-18-4-3-15-6-9(18)12(14)20/h1-2,5,9,15H,3-4,6-7H2,(H2,14,20)(H,16,17,19). The number of nitrogens with one attached hydrogen (secondary N) is 2. The molecule has 108 valence electrons. The van der Waals surface area contributed by atoms with Crippen LogP contribution in [-0.4, -0.2) is 53.9 Å². The summed E-state index contributed by atoms with van der Waals surface area (Å²) >= 11 is 3.27. The number of aromatic nitrogens is 1. The number of pyridine rings is 1. The van der Waals surface area contributed by atoms with Crippen LogP contribution in [0.2, 0.25) is 0 Å². The summed E-state index contributed by atoms with van der Waals surface area (Å²) in [7, 11) is 0. The Balaban J connectivity index is 1.92. The predicted octanol–water partition coefficient (Wildman–Crippen LogP) is -0.458. The summed E-state index contributed by atoms with van der Waals surface area (Å²) in [5.74, 6) is -0.163. The second-order valence-corrected chi connectivity index (χ2v) is 5.42. The zero-order valence-electron chi connectivity index (χ0n) is 10.8. The third-order valence-corrected chi connectivity index (χ3v) is 3.49. The molecule has 1 aliphatic rings. The van der Waals surface area contributed by atoms with Crippen molar-refractivity contribution in [2.45, 2.75) is 6.04 Å². The van der Waals surface area contributed by atoms with Crippen molar-refractivity contribution in [1.82, 2.24) is 15.2 Å². The number of primary amides is 1. The molecule has 0 radical (unpaired) electrons. The largest absolute Gasteiger partial charge is 0.368 e. The fourth-order valence-electron chi connectivity index (χ4n) is 2.03. The molecule has 2 rings (SSSR count). The third-order valence-electron chi connectivity index (χ3n) is 3.02. The third kappa shape index (κ3) is 3.99. The van der Waals surface area contributed by atoms with Crippen molar-refractivity contribution in [3.05, 3.63) is 22.8 Å². The SMILES string of the molecule is NC(=O)C1CNCCN1CC(=O)Nc1ccc(Br)cn1. The van der Waals surface area contributed by atoms with Crippen LogP contribution in [0.5, 0.6) is 0 Å². The molecule has 1 atom stereocenters. The monoisotopic (exact) mass is 341 g/mol. The smallest absolute Gasteiger partial charge is 0.239 e. The Kier molecular flexibility index (Phi) is 5.05. The van der Waals surface area contributed by atoms with Crippen LogP contribution < -0.4 is 16.4 Å². The minimum Gasteiger partial charge on any atom is -0.368 e. The molecule has 1 aromatic heterocycles. The van der Waals surface area contributed by atoms with Gasteiger partial charge in [0.1, 0.15) is 11.9 Å². The molecular weight excluding hydrogens is 326 g/mol. The van der Waals surface area contributed by atoms with Crippen LogP contribution in [0, 0.1) is 0 Å². The van der Waals surface area contributed by atoms with Gasteiger partial charge in [-0.2, -0.15) is 0 Å². The van der Waals surface area contributed by atoms with E-state index in [-0.39, 0.29) is 12.5 Å². The fraction of sp³-hybridized carbons (Fsp3) is 0.417. The summed E-state index contributed by atoms with van der Waals surface area (Å²) in [5, 5.41) is 5.77. The van der Waals surface area contributed by atoms with E-state index < -0.39 is 11.9 Å². The van der Waals surface area contributed by atoms with E-state index in [4.69, 9.17) is 5.73 Å². The molecule has 0 aromatic carbocycles. The van der Waals surface area contributed by atoms with Crippen LogP contribution >= 0.6 is 15.9 Å². The maximum atomic E-state index is 12.0. The van der Waals surface area contributed by atoms with E-state index in [1.807, 2.05) is 0 Å². The minimum atomic E-state index is -0.452. The molecule has 0 saturated carbocycles. The van der Waals surface area contributed by atoms with Crippen molar-refractivity contribution in [3.63, 3.8) is 0 Å². The lowest BCUT2D eigenvalue weighted by molar-refractivity contribution is -0.125. The number of carbonyl (C=O) groups excluding carboxylic acids is 2. The maximum absolute atomic E-state index is 12.0. The van der Waals surface area contributed by atoms with Crippen LogP contribution in [0.3, 0.4) is 0 Å². The molecule has 0 aliphatic carbocycles. The molecule has 1 fully saturated rings. The van der Waals surface area contributed by atoms with Crippen molar-refractivity contribution < 1.29 is 9.59 Å². The average molecular weight is 342 g/mol. The molecule has 7 nitrogen and oxygen atoms in total. The number of rotatable bonds is 4. The Hall–Kier alpha value is -1.51. The quantitative estimate of drug-likeness (QED) is 0.688. The number of piperazine rings is 1. The van der Waals surface area contributed by atoms with Gasteiger partial charge in [-0.1, -0.05) is 0 Å². The number of carbonyl (C=O) groups is 2. The van der Waals surface area contributed by atoms with Crippen molar-refractivity contribution in [2.75, 3.05) is 31.5 Å². The number of anilines is 1. The van der Waals surface area contributed by atoms with Crippen molar-refractivity contribution in [1.29, 1.82) is 0 Å². The molecule has 2 heterocycles. The first-order valence-corrected chi connectivity index (χ1v) is 7.01. The van der Waals surface area contributed by atoms with Crippen LogP contribution in [-0.2, 0) is 9.59 Å². The Labute approximate surface area is 125 Å². The van der Waals surface area contributed by atoms with Gasteiger partial charge in [0.25, 0.3) is 0 Å². The number of hydrogen-bond acceptors (Lipinski definition) is 5. The molecule has 1 unspecified atom stereocenters. The lowest BCUT2D eigenvalue weighted by atomic mass is 10.2. The van der Waals surface area contributed by atoms with Gasteiger partial charge < -0.3 is 16.4 Å². The first-order valence-electron chi connectivity index (χ1n) is 6.22. The molecule has 1 aliphatic heterocycles. The van der Waals surface area contributed by atoms with Gasteiger partial charge in [-0.25, -0.2) is 4.98 Å². The Morgan fingerprint density at radius 3 is 3.00 bits per heavy atom. The van der Waals surface area contributed by atoms with Crippen molar-refractivity contribution in [2.24, 2.45) is 5.73 Å². The molecule has 8 heteroatoms. The zero-order chi connectivity index (χ0) is 14.5. The highest BCUT2D eigenvalue weighted by molar-refractivity contribution is 9.10. The molecule has 0 bridgehead atoms. The summed E-state index contributed by atoms with van der Waals surface area (Å²) < 4.78 is 0.839. The molecule has 2 amide bonds. The number of hydrogen-bond donors (Lipinski definition) is 3. The lowest BCUT2D eigenvalue weighted by Crippen LogP contribution is -2.58. The summed E-state index contributed by atoms with van der Waals surface area (Å²) in [6.45, 7) is 1.93. The zero-order valence-corrected chi connectivity index (χ0v) is 12.4. The van der Waals surface area contributed by atoms with Gasteiger partial charge in [-0.3, -0.25) is 14.5 Å². The highest BCUT2D eigenvalue weighted by Gasteiger charge is 2.28. The van der Waals surface area contributed by atoms with Crippen molar-refractivity contribution >= 4 is 33.6 Å². The van der Waals surface area contributed by atoms with Crippen LogP contribution in [0.15, 0.2) is 22.8 Å². The topological polar surface area (TPSA) is 100 Å². The van der Waals surface area contributed by atoms with Crippen LogP contribution in [0.4, 0.5) is 5.82 Å². The lowest BCUT2D eigenvalue weighted by Gasteiger charge is -2.33. The molecule has 1 saturated heterocycles. The summed E-state index contributed by atoms with van der Waals surface area (Å²) in [4.78, 5) is 29.1. The van der Waals surface area contributed by atoms with E-state index in [1.165, 1.54) is 0 Å². The summed E-state index contributed by atoms with van der Waals surface area (Å²) in [6, 6.07) is 3.04. The van der Waals surface area contributed by atoms with Gasteiger partial charge in [0.05, 0.1) is 6.54 Å². The van der Waals surface area contributed by atoms with Gasteiger partial charge >= 0.3 is 0 Å². The Bertz CT molecular complexity index is 493. The number of nitrogens with two attached hydrogens (primary N) is 1. The van der Waals surface area contributed by atoms with Crippen LogP contribution in [0.25, 0.3) is 0 Å². The van der Waals surface area contributed by atoms with Crippen LogP contribution in [0.1, 0.15) is 0 Å². The summed E-state index contributed by atoms with van der Waals surface area (Å²) in [5.41, 5.74) is 5.33. The number of halogens is 1. The molecule has 1 aromatic rings. The molecule has 0 spiro atoms. The minimum absolute atomic E-state index is 0.118. The summed E-state index contributed by atoms with van der Waals surface area (Å²) in [6.07, 6.45) is 1.60. The Morgan fingerprint density at radius 2 is 2.35 bits per heavy atom. The second-order valence-electron chi connectivity index (χ2n) is 4.50.